The molecule has 0 radical (unpaired) electrons. The van der Waals surface area contributed by atoms with Gasteiger partial charge in [0.2, 0.25) is 5.12 Å². The van der Waals surface area contributed by atoms with E-state index in [1.54, 1.807) is 0 Å². The zero-order valence-corrected chi connectivity index (χ0v) is 9.27. The average Bonchev–Trinajstić information content (AvgIpc) is 2.16. The van der Waals surface area contributed by atoms with Crippen LogP contribution in [0.1, 0.15) is 12.5 Å². The summed E-state index contributed by atoms with van der Waals surface area (Å²) in [6, 6.07) is 3.69. The fourth-order valence-corrected chi connectivity index (χ4v) is 1.35. The molecule has 0 heterocycles. The summed E-state index contributed by atoms with van der Waals surface area (Å²) in [4.78, 5) is 21.1. The van der Waals surface area contributed by atoms with Gasteiger partial charge in [-0.2, -0.15) is 0 Å². The second-order valence-corrected chi connectivity index (χ2v) is 3.82. The number of hydrogen-bond acceptors (Lipinski definition) is 5. The monoisotopic (exact) mass is 242 g/mol. The highest BCUT2D eigenvalue weighted by Crippen LogP contribution is 2.32. The zero-order valence-electron chi connectivity index (χ0n) is 8.38. The van der Waals surface area contributed by atoms with Crippen LogP contribution in [0.15, 0.2) is 18.2 Å². The Kier molecular flexibility index (Phi) is 3.20. The summed E-state index contributed by atoms with van der Waals surface area (Å²) in [6.07, 6.45) is 0. The van der Waals surface area contributed by atoms with Gasteiger partial charge in [-0.1, -0.05) is 0 Å². The number of nitro groups is 1. The maximum atomic E-state index is 11.1. The lowest BCUT2D eigenvalue weighted by Gasteiger charge is -2.19. The van der Waals surface area contributed by atoms with Crippen LogP contribution in [0.3, 0.4) is 0 Å². The van der Waals surface area contributed by atoms with Crippen molar-refractivity contribution < 1.29 is 14.8 Å². The second-order valence-electron chi connectivity index (χ2n) is 3.41. The van der Waals surface area contributed by atoms with E-state index in [9.17, 15) is 20.0 Å². The lowest BCUT2D eigenvalue weighted by molar-refractivity contribution is -0.386. The molecule has 0 fully saturated rings. The fourth-order valence-electron chi connectivity index (χ4n) is 1.23. The first-order valence-corrected chi connectivity index (χ1v) is 4.71. The fraction of sp³-hybridized carbons (Fsp3) is 0.222. The van der Waals surface area contributed by atoms with E-state index in [4.69, 9.17) is 5.73 Å². The van der Waals surface area contributed by atoms with Crippen molar-refractivity contribution in [1.82, 2.24) is 0 Å². The zero-order chi connectivity index (χ0) is 12.5. The Morgan fingerprint density at radius 1 is 1.62 bits per heavy atom. The Morgan fingerprint density at radius 2 is 2.19 bits per heavy atom. The molecule has 0 amide bonds. The SMILES string of the molecule is CC(O)(C(=O)S)c1ccc(N)cc1[N+](=O)[O-]. The smallest absolute Gasteiger partial charge is 0.278 e. The number of rotatable bonds is 3. The minimum absolute atomic E-state index is 0.133. The van der Waals surface area contributed by atoms with Crippen LogP contribution in [0.25, 0.3) is 0 Å². The average molecular weight is 242 g/mol. The van der Waals surface area contributed by atoms with Crippen LogP contribution in [0.5, 0.6) is 0 Å². The minimum Gasteiger partial charge on any atom is -0.399 e. The van der Waals surface area contributed by atoms with Gasteiger partial charge in [0.15, 0.2) is 5.60 Å². The molecule has 1 unspecified atom stereocenters. The van der Waals surface area contributed by atoms with Crippen molar-refractivity contribution in [2.75, 3.05) is 5.73 Å². The normalized spacial score (nSPS) is 14.2. The van der Waals surface area contributed by atoms with Crippen molar-refractivity contribution in [2.24, 2.45) is 0 Å². The summed E-state index contributed by atoms with van der Waals surface area (Å²) in [5, 5.41) is 19.7. The quantitative estimate of drug-likeness (QED) is 0.315. The van der Waals surface area contributed by atoms with E-state index >= 15 is 0 Å². The molecule has 0 spiro atoms. The van der Waals surface area contributed by atoms with Crippen LogP contribution < -0.4 is 5.73 Å². The van der Waals surface area contributed by atoms with E-state index in [0.29, 0.717) is 0 Å². The summed E-state index contributed by atoms with van der Waals surface area (Å²) in [5.41, 5.74) is 3.02. The number of nitro benzene ring substituents is 1. The molecule has 0 aromatic heterocycles. The lowest BCUT2D eigenvalue weighted by Crippen LogP contribution is -2.29. The molecule has 0 saturated heterocycles. The summed E-state index contributed by atoms with van der Waals surface area (Å²) < 4.78 is 0. The first-order valence-electron chi connectivity index (χ1n) is 4.27. The first-order chi connectivity index (χ1) is 7.26. The third kappa shape index (κ3) is 2.15. The van der Waals surface area contributed by atoms with Crippen LogP contribution in [0.2, 0.25) is 0 Å². The van der Waals surface area contributed by atoms with Gasteiger partial charge in [0.1, 0.15) is 0 Å². The van der Waals surface area contributed by atoms with E-state index < -0.39 is 21.3 Å². The van der Waals surface area contributed by atoms with E-state index in [2.05, 4.69) is 12.6 Å². The molecule has 3 N–H and O–H groups in total. The molecule has 0 aliphatic rings. The predicted octanol–water partition coefficient (Wildman–Crippen LogP) is 0.841. The maximum Gasteiger partial charge on any atom is 0.278 e. The van der Waals surface area contributed by atoms with Crippen LogP contribution in [0, 0.1) is 10.1 Å². The van der Waals surface area contributed by atoms with Crippen LogP contribution in [0.4, 0.5) is 11.4 Å². The molecule has 0 saturated carbocycles. The van der Waals surface area contributed by atoms with Gasteiger partial charge in [-0.25, -0.2) is 0 Å². The highest BCUT2D eigenvalue weighted by Gasteiger charge is 2.36. The van der Waals surface area contributed by atoms with E-state index in [1.807, 2.05) is 0 Å². The highest BCUT2D eigenvalue weighted by molar-refractivity contribution is 7.96. The van der Waals surface area contributed by atoms with Gasteiger partial charge < -0.3 is 10.8 Å². The molecule has 1 aromatic rings. The largest absolute Gasteiger partial charge is 0.399 e. The van der Waals surface area contributed by atoms with Crippen molar-refractivity contribution in [3.63, 3.8) is 0 Å². The Bertz CT molecular complexity index is 459. The van der Waals surface area contributed by atoms with Crippen molar-refractivity contribution >= 4 is 29.1 Å². The molecule has 6 nitrogen and oxygen atoms in total. The number of carbonyl (C=O) groups is 1. The Labute approximate surface area is 96.6 Å². The highest BCUT2D eigenvalue weighted by atomic mass is 32.1. The molecule has 7 heteroatoms. The molecule has 16 heavy (non-hydrogen) atoms. The van der Waals surface area contributed by atoms with Crippen molar-refractivity contribution in [3.05, 3.63) is 33.9 Å². The molecule has 0 bridgehead atoms. The van der Waals surface area contributed by atoms with Gasteiger partial charge >= 0.3 is 0 Å². The Balaban J connectivity index is 3.45. The number of thiol groups is 1. The minimum atomic E-state index is -2.01. The third-order valence-corrected chi connectivity index (χ3v) is 2.59. The molecular weight excluding hydrogens is 232 g/mol. The van der Waals surface area contributed by atoms with Gasteiger partial charge in [0.25, 0.3) is 5.69 Å². The molecular formula is C9H10N2O4S. The van der Waals surface area contributed by atoms with Crippen LogP contribution in [-0.2, 0) is 10.4 Å². The molecule has 1 atom stereocenters. The molecule has 1 rings (SSSR count). The Morgan fingerprint density at radius 3 is 2.62 bits per heavy atom. The topological polar surface area (TPSA) is 106 Å². The third-order valence-electron chi connectivity index (χ3n) is 2.16. The standard InChI is InChI=1S/C9H10N2O4S/c1-9(13,8(12)16)6-3-2-5(10)4-7(6)11(14)15/h2-4,13H,10H2,1H3,(H,12,16). The number of nitrogens with zero attached hydrogens (tertiary/aromatic N) is 1. The van der Waals surface area contributed by atoms with E-state index in [0.717, 1.165) is 13.0 Å². The number of hydrogen-bond donors (Lipinski definition) is 3. The number of nitrogen functional groups attached to an aromatic ring is 1. The number of anilines is 1. The van der Waals surface area contributed by atoms with Crippen molar-refractivity contribution in [2.45, 2.75) is 12.5 Å². The molecule has 0 aliphatic carbocycles. The summed E-state index contributed by atoms with van der Waals surface area (Å²) in [5.74, 6) is 0. The van der Waals surface area contributed by atoms with Crippen LogP contribution in [-0.4, -0.2) is 15.1 Å². The van der Waals surface area contributed by atoms with Crippen LogP contribution >= 0.6 is 12.6 Å². The predicted molar refractivity (Wildman–Crippen MR) is 61.1 cm³/mol. The van der Waals surface area contributed by atoms with E-state index in [1.165, 1.54) is 12.1 Å². The molecule has 86 valence electrons. The molecule has 0 aliphatic heterocycles. The van der Waals surface area contributed by atoms with E-state index in [-0.39, 0.29) is 11.3 Å². The van der Waals surface area contributed by atoms with Gasteiger partial charge in [-0.3, -0.25) is 14.9 Å². The number of carbonyl (C=O) groups excluding carboxylic acids is 1. The van der Waals surface area contributed by atoms with Gasteiger partial charge in [0.05, 0.1) is 10.5 Å². The number of aliphatic hydroxyl groups is 1. The number of benzene rings is 1. The maximum absolute atomic E-state index is 11.1. The molecule has 1 aromatic carbocycles. The summed E-state index contributed by atoms with van der Waals surface area (Å²) >= 11 is 3.49. The summed E-state index contributed by atoms with van der Waals surface area (Å²) in [7, 11) is 0. The van der Waals surface area contributed by atoms with Crippen molar-refractivity contribution in [3.8, 4) is 0 Å². The second kappa shape index (κ2) is 4.11. The first kappa shape index (κ1) is 12.5. The Hall–Kier alpha value is -1.60. The lowest BCUT2D eigenvalue weighted by atomic mass is 9.95. The summed E-state index contributed by atoms with van der Waals surface area (Å²) in [6.45, 7) is 1.14. The van der Waals surface area contributed by atoms with Gasteiger partial charge in [0, 0.05) is 11.8 Å². The van der Waals surface area contributed by atoms with Gasteiger partial charge in [-0.05, 0) is 19.1 Å². The van der Waals surface area contributed by atoms with Crippen molar-refractivity contribution in [1.29, 1.82) is 0 Å². The van der Waals surface area contributed by atoms with Gasteiger partial charge in [-0.15, -0.1) is 12.6 Å². The number of nitrogens with two attached hydrogens (primary N) is 1.